The maximum Gasteiger partial charge on any atom is 0.123 e. The number of hydrogen-bond donors (Lipinski definition) is 1. The Bertz CT molecular complexity index is 318. The van der Waals surface area contributed by atoms with Crippen molar-refractivity contribution in [1.82, 2.24) is 0 Å². The van der Waals surface area contributed by atoms with E-state index in [0.29, 0.717) is 11.4 Å². The minimum Gasteiger partial charge on any atom is -0.496 e. The number of rotatable bonds is 3. The first kappa shape index (κ1) is 11.3. The van der Waals surface area contributed by atoms with E-state index in [2.05, 4.69) is 0 Å². The topological polar surface area (TPSA) is 35.2 Å². The molecule has 2 N–H and O–H groups in total. The smallest absolute Gasteiger partial charge is 0.123 e. The number of hydrogen-bond acceptors (Lipinski definition) is 2. The van der Waals surface area contributed by atoms with Gasteiger partial charge in [0, 0.05) is 16.1 Å². The maximum absolute atomic E-state index is 6.08. The molecule has 0 bridgehead atoms. The minimum atomic E-state index is -0.279. The van der Waals surface area contributed by atoms with Crippen LogP contribution in [0.3, 0.4) is 0 Å². The predicted molar refractivity (Wildman–Crippen MR) is 60.0 cm³/mol. The standard InChI is InChI=1S/C11H16ClNO/c1-11(2,13)7-8-9(12)5-4-6-10(8)14-3/h4-6H,7,13H2,1-3H3. The molecule has 0 saturated carbocycles. The van der Waals surface area contributed by atoms with Crippen LogP contribution in [-0.2, 0) is 6.42 Å². The van der Waals surface area contributed by atoms with E-state index >= 15 is 0 Å². The van der Waals surface area contributed by atoms with Crippen LogP contribution in [0.4, 0.5) is 0 Å². The fourth-order valence-electron chi connectivity index (χ4n) is 1.36. The molecule has 3 heteroatoms. The minimum absolute atomic E-state index is 0.279. The zero-order chi connectivity index (χ0) is 10.8. The lowest BCUT2D eigenvalue weighted by molar-refractivity contribution is 0.402. The third kappa shape index (κ3) is 2.89. The van der Waals surface area contributed by atoms with Gasteiger partial charge in [-0.2, -0.15) is 0 Å². The molecule has 0 aliphatic carbocycles. The van der Waals surface area contributed by atoms with Gasteiger partial charge in [-0.3, -0.25) is 0 Å². The summed E-state index contributed by atoms with van der Waals surface area (Å²) in [5, 5.41) is 0.711. The summed E-state index contributed by atoms with van der Waals surface area (Å²) in [7, 11) is 1.64. The van der Waals surface area contributed by atoms with E-state index < -0.39 is 0 Å². The Labute approximate surface area is 90.0 Å². The van der Waals surface area contributed by atoms with Crippen LogP contribution in [0.25, 0.3) is 0 Å². The van der Waals surface area contributed by atoms with Gasteiger partial charge in [0.25, 0.3) is 0 Å². The predicted octanol–water partition coefficient (Wildman–Crippen LogP) is 2.63. The Morgan fingerprint density at radius 1 is 1.43 bits per heavy atom. The lowest BCUT2D eigenvalue weighted by Crippen LogP contribution is -2.34. The van der Waals surface area contributed by atoms with Crippen molar-refractivity contribution in [3.8, 4) is 5.75 Å². The molecule has 0 aromatic heterocycles. The van der Waals surface area contributed by atoms with Gasteiger partial charge in [0.1, 0.15) is 5.75 Å². The molecule has 78 valence electrons. The number of nitrogens with two attached hydrogens (primary N) is 1. The van der Waals surface area contributed by atoms with E-state index in [0.717, 1.165) is 11.3 Å². The molecular formula is C11H16ClNO. The van der Waals surface area contributed by atoms with E-state index in [9.17, 15) is 0 Å². The lowest BCUT2D eigenvalue weighted by atomic mass is 9.95. The number of halogens is 1. The Morgan fingerprint density at radius 2 is 2.07 bits per heavy atom. The third-order valence-corrected chi connectivity index (χ3v) is 2.28. The summed E-state index contributed by atoms with van der Waals surface area (Å²) in [5.41, 5.74) is 6.64. The van der Waals surface area contributed by atoms with Gasteiger partial charge in [-0.05, 0) is 32.4 Å². The SMILES string of the molecule is COc1cccc(Cl)c1CC(C)(C)N. The summed E-state index contributed by atoms with van der Waals surface area (Å²) in [4.78, 5) is 0. The van der Waals surface area contributed by atoms with Crippen LogP contribution in [0, 0.1) is 0 Å². The fourth-order valence-corrected chi connectivity index (χ4v) is 1.59. The van der Waals surface area contributed by atoms with Crippen molar-refractivity contribution in [1.29, 1.82) is 0 Å². The van der Waals surface area contributed by atoms with E-state index in [1.54, 1.807) is 7.11 Å². The summed E-state index contributed by atoms with van der Waals surface area (Å²) in [6.45, 7) is 3.94. The summed E-state index contributed by atoms with van der Waals surface area (Å²) >= 11 is 6.08. The highest BCUT2D eigenvalue weighted by atomic mass is 35.5. The van der Waals surface area contributed by atoms with Crippen LogP contribution in [0.1, 0.15) is 19.4 Å². The summed E-state index contributed by atoms with van der Waals surface area (Å²) in [6, 6.07) is 5.62. The number of ether oxygens (including phenoxy) is 1. The largest absolute Gasteiger partial charge is 0.496 e. The quantitative estimate of drug-likeness (QED) is 0.838. The maximum atomic E-state index is 6.08. The molecule has 0 atom stereocenters. The molecule has 2 nitrogen and oxygen atoms in total. The van der Waals surface area contributed by atoms with Gasteiger partial charge < -0.3 is 10.5 Å². The van der Waals surface area contributed by atoms with Gasteiger partial charge in [-0.15, -0.1) is 0 Å². The first-order valence-corrected chi connectivity index (χ1v) is 4.92. The molecule has 0 aliphatic heterocycles. The van der Waals surface area contributed by atoms with Crippen molar-refractivity contribution in [3.63, 3.8) is 0 Å². The monoisotopic (exact) mass is 213 g/mol. The van der Waals surface area contributed by atoms with Gasteiger partial charge in [0.05, 0.1) is 7.11 Å². The molecule has 0 unspecified atom stereocenters. The van der Waals surface area contributed by atoms with Crippen molar-refractivity contribution >= 4 is 11.6 Å². The molecule has 1 aromatic rings. The fraction of sp³-hybridized carbons (Fsp3) is 0.455. The number of benzene rings is 1. The number of methoxy groups -OCH3 is 1. The van der Waals surface area contributed by atoms with Crippen molar-refractivity contribution < 1.29 is 4.74 Å². The van der Waals surface area contributed by atoms with Crippen LogP contribution >= 0.6 is 11.6 Å². The second-order valence-electron chi connectivity index (χ2n) is 4.09. The Balaban J connectivity index is 3.05. The Kier molecular flexibility index (Phi) is 3.40. The van der Waals surface area contributed by atoms with Gasteiger partial charge in [0.2, 0.25) is 0 Å². The summed E-state index contributed by atoms with van der Waals surface area (Å²) < 4.78 is 5.23. The summed E-state index contributed by atoms with van der Waals surface area (Å²) in [6.07, 6.45) is 0.704. The van der Waals surface area contributed by atoms with Crippen LogP contribution in [-0.4, -0.2) is 12.6 Å². The second kappa shape index (κ2) is 4.20. The Hall–Kier alpha value is -0.730. The molecule has 1 aromatic carbocycles. The molecular weight excluding hydrogens is 198 g/mol. The van der Waals surface area contributed by atoms with Gasteiger partial charge in [0.15, 0.2) is 0 Å². The van der Waals surface area contributed by atoms with Crippen molar-refractivity contribution in [3.05, 3.63) is 28.8 Å². The van der Waals surface area contributed by atoms with E-state index in [1.165, 1.54) is 0 Å². The molecule has 0 fully saturated rings. The highest BCUT2D eigenvalue weighted by molar-refractivity contribution is 6.31. The van der Waals surface area contributed by atoms with E-state index in [-0.39, 0.29) is 5.54 Å². The van der Waals surface area contributed by atoms with Crippen LogP contribution in [0.5, 0.6) is 5.75 Å². The van der Waals surface area contributed by atoms with Crippen molar-refractivity contribution in [2.75, 3.05) is 7.11 Å². The van der Waals surface area contributed by atoms with Crippen LogP contribution < -0.4 is 10.5 Å². The first-order chi connectivity index (χ1) is 6.44. The lowest BCUT2D eigenvalue weighted by Gasteiger charge is -2.20. The summed E-state index contributed by atoms with van der Waals surface area (Å²) in [5.74, 6) is 0.802. The van der Waals surface area contributed by atoms with E-state index in [4.69, 9.17) is 22.1 Å². The van der Waals surface area contributed by atoms with Crippen molar-refractivity contribution in [2.45, 2.75) is 25.8 Å². The van der Waals surface area contributed by atoms with Crippen LogP contribution in [0.2, 0.25) is 5.02 Å². The average molecular weight is 214 g/mol. The Morgan fingerprint density at radius 3 is 2.57 bits per heavy atom. The highest BCUT2D eigenvalue weighted by Crippen LogP contribution is 2.28. The van der Waals surface area contributed by atoms with Crippen molar-refractivity contribution in [2.24, 2.45) is 5.73 Å². The molecule has 0 spiro atoms. The molecule has 0 aliphatic rings. The molecule has 0 radical (unpaired) electrons. The normalized spacial score (nSPS) is 11.5. The van der Waals surface area contributed by atoms with Crippen LogP contribution in [0.15, 0.2) is 18.2 Å². The molecule has 0 saturated heterocycles. The molecule has 0 amide bonds. The highest BCUT2D eigenvalue weighted by Gasteiger charge is 2.17. The van der Waals surface area contributed by atoms with Gasteiger partial charge in [-0.1, -0.05) is 17.7 Å². The average Bonchev–Trinajstić information content (AvgIpc) is 2.06. The molecule has 14 heavy (non-hydrogen) atoms. The van der Waals surface area contributed by atoms with E-state index in [1.807, 2.05) is 32.0 Å². The second-order valence-corrected chi connectivity index (χ2v) is 4.49. The zero-order valence-electron chi connectivity index (χ0n) is 8.80. The third-order valence-electron chi connectivity index (χ3n) is 1.93. The zero-order valence-corrected chi connectivity index (χ0v) is 9.56. The van der Waals surface area contributed by atoms with Gasteiger partial charge >= 0.3 is 0 Å². The van der Waals surface area contributed by atoms with Gasteiger partial charge in [-0.25, -0.2) is 0 Å². The molecule has 1 rings (SSSR count). The first-order valence-electron chi connectivity index (χ1n) is 4.54. The molecule has 0 heterocycles.